The van der Waals surface area contributed by atoms with Gasteiger partial charge in [-0.1, -0.05) is 6.42 Å². The summed E-state index contributed by atoms with van der Waals surface area (Å²) in [6.07, 6.45) is -0.602. The Balaban J connectivity index is 2.14. The lowest BCUT2D eigenvalue weighted by molar-refractivity contribution is -0.135. The maximum absolute atomic E-state index is 11.9. The van der Waals surface area contributed by atoms with E-state index in [0.29, 0.717) is 11.7 Å². The van der Waals surface area contributed by atoms with Crippen molar-refractivity contribution in [1.29, 1.82) is 0 Å². The summed E-state index contributed by atoms with van der Waals surface area (Å²) in [5.41, 5.74) is 5.89. The molecule has 2 atom stereocenters. The van der Waals surface area contributed by atoms with Crippen LogP contribution in [-0.2, 0) is 0 Å². The van der Waals surface area contributed by atoms with Crippen LogP contribution in [0.4, 0.5) is 13.2 Å². The minimum Gasteiger partial charge on any atom is -0.327 e. The SMILES string of the molecule is NC(CCCC(F)(F)F)C1CCCCS1. The molecule has 0 saturated carbocycles. The number of hydrogen-bond donors (Lipinski definition) is 1. The second-order valence-electron chi connectivity index (χ2n) is 4.08. The maximum Gasteiger partial charge on any atom is 0.389 e. The highest BCUT2D eigenvalue weighted by Gasteiger charge is 2.27. The van der Waals surface area contributed by atoms with Gasteiger partial charge in [0.25, 0.3) is 0 Å². The van der Waals surface area contributed by atoms with Crippen molar-refractivity contribution in [2.24, 2.45) is 5.73 Å². The van der Waals surface area contributed by atoms with Crippen LogP contribution in [0.2, 0.25) is 0 Å². The van der Waals surface area contributed by atoms with E-state index in [0.717, 1.165) is 12.2 Å². The Morgan fingerprint density at radius 2 is 2.07 bits per heavy atom. The second-order valence-corrected chi connectivity index (χ2v) is 5.42. The molecule has 1 saturated heterocycles. The molecule has 1 fully saturated rings. The van der Waals surface area contributed by atoms with Crippen LogP contribution in [0.5, 0.6) is 0 Å². The van der Waals surface area contributed by atoms with Crippen LogP contribution in [-0.4, -0.2) is 23.2 Å². The summed E-state index contributed by atoms with van der Waals surface area (Å²) in [5.74, 6) is 1.11. The van der Waals surface area contributed by atoms with Crippen molar-refractivity contribution in [3.63, 3.8) is 0 Å². The topological polar surface area (TPSA) is 26.0 Å². The predicted octanol–water partition coefficient (Wildman–Crippen LogP) is 3.33. The predicted molar refractivity (Wildman–Crippen MR) is 58.0 cm³/mol. The molecule has 0 aromatic heterocycles. The third kappa shape index (κ3) is 5.66. The van der Waals surface area contributed by atoms with Crippen LogP contribution in [0.3, 0.4) is 0 Å². The molecule has 0 aromatic carbocycles. The number of nitrogens with two attached hydrogens (primary N) is 1. The van der Waals surface area contributed by atoms with Crippen molar-refractivity contribution in [3.05, 3.63) is 0 Å². The van der Waals surface area contributed by atoms with Crippen molar-refractivity contribution in [2.45, 2.75) is 56.0 Å². The Morgan fingerprint density at radius 1 is 1.33 bits per heavy atom. The number of hydrogen-bond acceptors (Lipinski definition) is 2. The lowest BCUT2D eigenvalue weighted by Gasteiger charge is -2.27. The third-order valence-electron chi connectivity index (χ3n) is 2.69. The molecule has 1 heterocycles. The Morgan fingerprint density at radius 3 is 2.60 bits per heavy atom. The normalized spacial score (nSPS) is 25.2. The van der Waals surface area contributed by atoms with Crippen molar-refractivity contribution in [1.82, 2.24) is 0 Å². The summed E-state index contributed by atoms with van der Waals surface area (Å²) in [6.45, 7) is 0. The summed E-state index contributed by atoms with van der Waals surface area (Å²) in [5, 5.41) is 0.381. The van der Waals surface area contributed by atoms with Gasteiger partial charge < -0.3 is 5.73 Å². The van der Waals surface area contributed by atoms with Gasteiger partial charge in [-0.15, -0.1) is 0 Å². The van der Waals surface area contributed by atoms with E-state index < -0.39 is 12.6 Å². The minimum atomic E-state index is -4.03. The van der Waals surface area contributed by atoms with E-state index in [1.165, 1.54) is 12.8 Å². The van der Waals surface area contributed by atoms with Gasteiger partial charge >= 0.3 is 6.18 Å². The molecule has 0 spiro atoms. The molecule has 1 aliphatic heterocycles. The fraction of sp³-hybridized carbons (Fsp3) is 1.00. The summed E-state index contributed by atoms with van der Waals surface area (Å²) in [6, 6.07) is -0.0577. The molecule has 5 heteroatoms. The molecule has 2 N–H and O–H groups in total. The van der Waals surface area contributed by atoms with Gasteiger partial charge in [0.2, 0.25) is 0 Å². The average molecular weight is 241 g/mol. The fourth-order valence-corrected chi connectivity index (χ4v) is 3.22. The highest BCUT2D eigenvalue weighted by atomic mass is 32.2. The highest BCUT2D eigenvalue weighted by Crippen LogP contribution is 2.29. The standard InChI is InChI=1S/C10H18F3NS/c11-10(12,13)6-3-4-8(14)9-5-1-2-7-15-9/h8-9H,1-7,14H2. The summed E-state index contributed by atoms with van der Waals surface area (Å²) >= 11 is 1.82. The molecule has 2 unspecified atom stereocenters. The van der Waals surface area contributed by atoms with Gasteiger partial charge in [-0.25, -0.2) is 0 Å². The van der Waals surface area contributed by atoms with Gasteiger partial charge in [-0.05, 0) is 31.4 Å². The highest BCUT2D eigenvalue weighted by molar-refractivity contribution is 8.00. The summed E-state index contributed by atoms with van der Waals surface area (Å²) in [7, 11) is 0. The molecule has 0 amide bonds. The molecule has 90 valence electrons. The fourth-order valence-electron chi connectivity index (χ4n) is 1.83. The Bertz CT molecular complexity index is 178. The molecule has 0 aromatic rings. The number of alkyl halides is 3. The maximum atomic E-state index is 11.9. The number of halogens is 3. The third-order valence-corrected chi connectivity index (χ3v) is 4.23. The molecular weight excluding hydrogens is 223 g/mol. The van der Waals surface area contributed by atoms with E-state index in [1.807, 2.05) is 11.8 Å². The summed E-state index contributed by atoms with van der Waals surface area (Å²) < 4.78 is 35.7. The van der Waals surface area contributed by atoms with Crippen molar-refractivity contribution in [2.75, 3.05) is 5.75 Å². The van der Waals surface area contributed by atoms with Crippen LogP contribution < -0.4 is 5.73 Å². The first-order valence-electron chi connectivity index (χ1n) is 5.43. The van der Waals surface area contributed by atoms with Crippen LogP contribution in [0.15, 0.2) is 0 Å². The van der Waals surface area contributed by atoms with Gasteiger partial charge in [-0.3, -0.25) is 0 Å². The lowest BCUT2D eigenvalue weighted by atomic mass is 10.0. The van der Waals surface area contributed by atoms with Crippen LogP contribution in [0, 0.1) is 0 Å². The van der Waals surface area contributed by atoms with E-state index >= 15 is 0 Å². The lowest BCUT2D eigenvalue weighted by Crippen LogP contribution is -2.34. The van der Waals surface area contributed by atoms with Gasteiger partial charge in [0.05, 0.1) is 0 Å². The van der Waals surface area contributed by atoms with Crippen LogP contribution in [0.25, 0.3) is 0 Å². The Labute approximate surface area is 93.0 Å². The molecule has 15 heavy (non-hydrogen) atoms. The van der Waals surface area contributed by atoms with E-state index in [-0.39, 0.29) is 12.5 Å². The number of rotatable bonds is 4. The molecular formula is C10H18F3NS. The monoisotopic (exact) mass is 241 g/mol. The first-order valence-corrected chi connectivity index (χ1v) is 6.48. The van der Waals surface area contributed by atoms with E-state index in [9.17, 15) is 13.2 Å². The molecule has 1 rings (SSSR count). The smallest absolute Gasteiger partial charge is 0.327 e. The Kier molecular flexibility index (Phi) is 5.26. The van der Waals surface area contributed by atoms with E-state index in [4.69, 9.17) is 5.73 Å². The summed E-state index contributed by atoms with van der Waals surface area (Å²) in [4.78, 5) is 0. The van der Waals surface area contributed by atoms with Crippen LogP contribution >= 0.6 is 11.8 Å². The van der Waals surface area contributed by atoms with Crippen molar-refractivity contribution in [3.8, 4) is 0 Å². The van der Waals surface area contributed by atoms with Gasteiger partial charge in [0.1, 0.15) is 0 Å². The molecule has 0 aliphatic carbocycles. The molecule has 1 nitrogen and oxygen atoms in total. The van der Waals surface area contributed by atoms with Gasteiger partial charge in [-0.2, -0.15) is 24.9 Å². The van der Waals surface area contributed by atoms with Crippen molar-refractivity contribution < 1.29 is 13.2 Å². The zero-order valence-electron chi connectivity index (χ0n) is 8.72. The molecule has 0 bridgehead atoms. The second kappa shape index (κ2) is 5.99. The largest absolute Gasteiger partial charge is 0.389 e. The zero-order valence-corrected chi connectivity index (χ0v) is 9.54. The minimum absolute atomic E-state index is 0.0577. The van der Waals surface area contributed by atoms with Crippen molar-refractivity contribution >= 4 is 11.8 Å². The molecule has 1 aliphatic rings. The van der Waals surface area contributed by atoms with Crippen LogP contribution in [0.1, 0.15) is 38.5 Å². The number of thioether (sulfide) groups is 1. The Hall–Kier alpha value is 0.100. The molecule has 0 radical (unpaired) electrons. The first kappa shape index (κ1) is 13.2. The van der Waals surface area contributed by atoms with Gasteiger partial charge in [0, 0.05) is 17.7 Å². The quantitative estimate of drug-likeness (QED) is 0.817. The van der Waals surface area contributed by atoms with E-state index in [1.54, 1.807) is 0 Å². The van der Waals surface area contributed by atoms with Gasteiger partial charge in [0.15, 0.2) is 0 Å². The zero-order chi connectivity index (χ0) is 11.3. The average Bonchev–Trinajstić information content (AvgIpc) is 2.17. The van der Waals surface area contributed by atoms with E-state index in [2.05, 4.69) is 0 Å². The first-order chi connectivity index (χ1) is 6.99.